The van der Waals surface area contributed by atoms with E-state index in [0.29, 0.717) is 13.2 Å². The summed E-state index contributed by atoms with van der Waals surface area (Å²) in [5, 5.41) is 4.18. The first-order valence-corrected chi connectivity index (χ1v) is 10.4. The fourth-order valence-electron chi connectivity index (χ4n) is 3.38. The molecule has 0 saturated carbocycles. The van der Waals surface area contributed by atoms with E-state index in [0.717, 1.165) is 61.4 Å². The first-order valence-electron chi connectivity index (χ1n) is 9.56. The quantitative estimate of drug-likeness (QED) is 0.718. The van der Waals surface area contributed by atoms with Gasteiger partial charge >= 0.3 is 0 Å². The third kappa shape index (κ3) is 4.51. The Morgan fingerprint density at radius 1 is 1.42 bits per heavy atom. The third-order valence-electron chi connectivity index (χ3n) is 4.77. The molecule has 0 spiro atoms. The Balaban J connectivity index is 1.63. The van der Waals surface area contributed by atoms with Crippen LogP contribution in [-0.2, 0) is 16.0 Å². The first-order chi connectivity index (χ1) is 12.7. The first kappa shape index (κ1) is 19.0. The van der Waals surface area contributed by atoms with Gasteiger partial charge in [-0.25, -0.2) is 9.97 Å². The minimum atomic E-state index is 0.0186. The molecule has 0 aromatic carbocycles. The maximum atomic E-state index is 12.5. The number of nitrogens with one attached hydrogen (secondary N) is 1. The van der Waals surface area contributed by atoms with Gasteiger partial charge in [0.25, 0.3) is 0 Å². The normalized spacial score (nSPS) is 17.6. The van der Waals surface area contributed by atoms with Crippen molar-refractivity contribution in [1.29, 1.82) is 0 Å². The SMILES string of the molecule is CCOCCCNC(=O)[C@@H]1CCCN(c2ncnc3sc(CC)cc23)C1. The van der Waals surface area contributed by atoms with Crippen LogP contribution in [0.4, 0.5) is 5.82 Å². The van der Waals surface area contributed by atoms with Crippen molar-refractivity contribution in [3.05, 3.63) is 17.3 Å². The fourth-order valence-corrected chi connectivity index (χ4v) is 4.31. The monoisotopic (exact) mass is 376 g/mol. The molecule has 0 bridgehead atoms. The Hall–Kier alpha value is -1.73. The summed E-state index contributed by atoms with van der Waals surface area (Å²) in [6, 6.07) is 2.20. The zero-order valence-electron chi connectivity index (χ0n) is 15.7. The van der Waals surface area contributed by atoms with Crippen molar-refractivity contribution in [3.63, 3.8) is 0 Å². The van der Waals surface area contributed by atoms with E-state index in [-0.39, 0.29) is 11.8 Å². The highest BCUT2D eigenvalue weighted by Gasteiger charge is 2.27. The van der Waals surface area contributed by atoms with Gasteiger partial charge in [-0.15, -0.1) is 11.3 Å². The topological polar surface area (TPSA) is 67.3 Å². The van der Waals surface area contributed by atoms with Crippen LogP contribution in [0, 0.1) is 5.92 Å². The number of ether oxygens (including phenoxy) is 1. The van der Waals surface area contributed by atoms with Crippen LogP contribution in [0.3, 0.4) is 0 Å². The van der Waals surface area contributed by atoms with Crippen molar-refractivity contribution in [2.75, 3.05) is 37.7 Å². The molecule has 0 aliphatic carbocycles. The number of fused-ring (bicyclic) bond motifs is 1. The Morgan fingerprint density at radius 3 is 3.12 bits per heavy atom. The molecule has 1 amide bonds. The molecule has 1 atom stereocenters. The Kier molecular flexibility index (Phi) is 6.80. The molecule has 26 heavy (non-hydrogen) atoms. The smallest absolute Gasteiger partial charge is 0.224 e. The number of hydrogen-bond donors (Lipinski definition) is 1. The molecule has 142 valence electrons. The van der Waals surface area contributed by atoms with E-state index >= 15 is 0 Å². The summed E-state index contributed by atoms with van der Waals surface area (Å²) in [6.45, 7) is 7.91. The van der Waals surface area contributed by atoms with Crippen LogP contribution in [0.1, 0.15) is 38.0 Å². The van der Waals surface area contributed by atoms with Gasteiger partial charge in [-0.2, -0.15) is 0 Å². The lowest BCUT2D eigenvalue weighted by Gasteiger charge is -2.33. The second-order valence-corrected chi connectivity index (χ2v) is 7.72. The highest BCUT2D eigenvalue weighted by atomic mass is 32.1. The maximum absolute atomic E-state index is 12.5. The van der Waals surface area contributed by atoms with E-state index in [4.69, 9.17) is 4.74 Å². The zero-order valence-corrected chi connectivity index (χ0v) is 16.5. The molecule has 1 aliphatic heterocycles. The van der Waals surface area contributed by atoms with E-state index in [9.17, 15) is 4.79 Å². The second-order valence-electron chi connectivity index (χ2n) is 6.61. The standard InChI is InChI=1S/C19H28N4O2S/c1-3-15-11-16-17(21-13-22-19(16)26-15)23-9-5-7-14(12-23)18(24)20-8-6-10-25-4-2/h11,13-14H,3-10,12H2,1-2H3,(H,20,24)/t14-/m1/s1. The average molecular weight is 377 g/mol. The Morgan fingerprint density at radius 2 is 2.31 bits per heavy atom. The van der Waals surface area contributed by atoms with Crippen molar-refractivity contribution in [2.45, 2.75) is 39.5 Å². The van der Waals surface area contributed by atoms with Crippen LogP contribution in [0.15, 0.2) is 12.4 Å². The van der Waals surface area contributed by atoms with Gasteiger partial charge in [-0.1, -0.05) is 6.92 Å². The Bertz CT molecular complexity index is 733. The van der Waals surface area contributed by atoms with Crippen LogP contribution < -0.4 is 10.2 Å². The van der Waals surface area contributed by atoms with Crippen LogP contribution in [-0.4, -0.2) is 48.7 Å². The summed E-state index contributed by atoms with van der Waals surface area (Å²) in [7, 11) is 0. The molecule has 1 saturated heterocycles. The van der Waals surface area contributed by atoms with Crippen LogP contribution in [0.25, 0.3) is 10.2 Å². The average Bonchev–Trinajstić information content (AvgIpc) is 3.11. The molecule has 7 heteroatoms. The molecule has 3 heterocycles. The number of nitrogens with zero attached hydrogens (tertiary/aromatic N) is 3. The number of aromatic nitrogens is 2. The fraction of sp³-hybridized carbons (Fsp3) is 0.632. The molecule has 1 aliphatic rings. The minimum Gasteiger partial charge on any atom is -0.382 e. The van der Waals surface area contributed by atoms with Crippen molar-refractivity contribution in [2.24, 2.45) is 5.92 Å². The number of amides is 1. The second kappa shape index (κ2) is 9.28. The van der Waals surface area contributed by atoms with Gasteiger partial charge in [-0.05, 0) is 38.7 Å². The predicted molar refractivity (Wildman–Crippen MR) is 106 cm³/mol. The van der Waals surface area contributed by atoms with E-state index in [1.165, 1.54) is 4.88 Å². The molecule has 0 radical (unpaired) electrons. The number of thiophene rings is 1. The van der Waals surface area contributed by atoms with Crippen molar-refractivity contribution < 1.29 is 9.53 Å². The van der Waals surface area contributed by atoms with Crippen molar-refractivity contribution in [1.82, 2.24) is 15.3 Å². The van der Waals surface area contributed by atoms with Crippen molar-refractivity contribution >= 4 is 33.3 Å². The molecular formula is C19H28N4O2S. The summed E-state index contributed by atoms with van der Waals surface area (Å²) < 4.78 is 5.32. The highest BCUT2D eigenvalue weighted by Crippen LogP contribution is 2.32. The molecule has 1 N–H and O–H groups in total. The maximum Gasteiger partial charge on any atom is 0.224 e. The molecule has 2 aromatic heterocycles. The lowest BCUT2D eigenvalue weighted by molar-refractivity contribution is -0.125. The van der Waals surface area contributed by atoms with Gasteiger partial charge in [-0.3, -0.25) is 4.79 Å². The van der Waals surface area contributed by atoms with Gasteiger partial charge in [0.15, 0.2) is 0 Å². The summed E-state index contributed by atoms with van der Waals surface area (Å²) in [5.41, 5.74) is 0. The van der Waals surface area contributed by atoms with E-state index in [2.05, 4.69) is 33.2 Å². The van der Waals surface area contributed by atoms with Crippen LogP contribution in [0.2, 0.25) is 0 Å². The summed E-state index contributed by atoms with van der Waals surface area (Å²) in [5.74, 6) is 1.14. The lowest BCUT2D eigenvalue weighted by Crippen LogP contribution is -2.43. The largest absolute Gasteiger partial charge is 0.382 e. The van der Waals surface area contributed by atoms with Crippen molar-refractivity contribution in [3.8, 4) is 0 Å². The number of anilines is 1. The summed E-state index contributed by atoms with van der Waals surface area (Å²) in [4.78, 5) is 26.1. The minimum absolute atomic E-state index is 0.0186. The Labute approximate surface area is 159 Å². The third-order valence-corrected chi connectivity index (χ3v) is 5.96. The van der Waals surface area contributed by atoms with E-state index < -0.39 is 0 Å². The molecule has 0 unspecified atom stereocenters. The van der Waals surface area contributed by atoms with Crippen LogP contribution in [0.5, 0.6) is 0 Å². The predicted octanol–water partition coefficient (Wildman–Crippen LogP) is 3.01. The molecule has 2 aromatic rings. The van der Waals surface area contributed by atoms with Gasteiger partial charge in [0.2, 0.25) is 5.91 Å². The van der Waals surface area contributed by atoms with Gasteiger partial charge in [0.1, 0.15) is 17.0 Å². The molecule has 3 rings (SSSR count). The molecule has 1 fully saturated rings. The molecular weight excluding hydrogens is 348 g/mol. The number of aryl methyl sites for hydroxylation is 1. The van der Waals surface area contributed by atoms with Crippen LogP contribution >= 0.6 is 11.3 Å². The number of rotatable bonds is 8. The van der Waals surface area contributed by atoms with E-state index in [1.54, 1.807) is 17.7 Å². The van der Waals surface area contributed by atoms with E-state index in [1.807, 2.05) is 6.92 Å². The molecule has 6 nitrogen and oxygen atoms in total. The number of carbonyl (C=O) groups is 1. The van der Waals surface area contributed by atoms with Gasteiger partial charge in [0, 0.05) is 37.7 Å². The van der Waals surface area contributed by atoms with Gasteiger partial charge in [0.05, 0.1) is 11.3 Å². The number of piperidine rings is 1. The summed E-state index contributed by atoms with van der Waals surface area (Å²) in [6.07, 6.45) is 5.45. The van der Waals surface area contributed by atoms with Gasteiger partial charge < -0.3 is 15.0 Å². The lowest BCUT2D eigenvalue weighted by atomic mass is 9.97. The zero-order chi connectivity index (χ0) is 18.4. The summed E-state index contributed by atoms with van der Waals surface area (Å²) >= 11 is 1.73. The number of hydrogen-bond acceptors (Lipinski definition) is 6. The number of carbonyl (C=O) groups excluding carboxylic acids is 1. The highest BCUT2D eigenvalue weighted by molar-refractivity contribution is 7.18.